The van der Waals surface area contributed by atoms with Gasteiger partial charge in [-0.2, -0.15) is 0 Å². The number of likely N-dealkylation sites (N-methyl/N-ethyl adjacent to an activating group) is 1. The number of hydrogen-bond donors (Lipinski definition) is 1. The van der Waals surface area contributed by atoms with Crippen LogP contribution in [0.3, 0.4) is 0 Å². The molecule has 0 radical (unpaired) electrons. The van der Waals surface area contributed by atoms with E-state index in [-0.39, 0.29) is 24.8 Å². The zero-order valence-corrected chi connectivity index (χ0v) is 8.84. The van der Waals surface area contributed by atoms with Crippen LogP contribution in [0.5, 0.6) is 0 Å². The van der Waals surface area contributed by atoms with Gasteiger partial charge in [-0.1, -0.05) is 0 Å². The molecule has 0 aromatic heterocycles. The first kappa shape index (κ1) is 11.8. The number of ketones is 1. The van der Waals surface area contributed by atoms with Crippen molar-refractivity contribution in [1.82, 2.24) is 5.32 Å². The molecule has 0 atom stereocenters. The first-order valence-electron chi connectivity index (χ1n) is 4.64. The standard InChI is InChI=1S/C11H14FNO2/c1-13-6-11(14)10-4-3-9(12)5-8(10)7-15-2/h3-5,13H,6-7H2,1-2H3. The van der Waals surface area contributed by atoms with Gasteiger partial charge in [-0.05, 0) is 30.8 Å². The molecule has 15 heavy (non-hydrogen) atoms. The maximum Gasteiger partial charge on any atom is 0.176 e. The summed E-state index contributed by atoms with van der Waals surface area (Å²) < 4.78 is 17.8. The zero-order chi connectivity index (χ0) is 11.3. The van der Waals surface area contributed by atoms with Crippen molar-refractivity contribution in [3.63, 3.8) is 0 Å². The van der Waals surface area contributed by atoms with E-state index in [2.05, 4.69) is 5.32 Å². The van der Waals surface area contributed by atoms with Gasteiger partial charge < -0.3 is 10.1 Å². The molecule has 0 bridgehead atoms. The topological polar surface area (TPSA) is 38.3 Å². The van der Waals surface area contributed by atoms with Crippen molar-refractivity contribution in [1.29, 1.82) is 0 Å². The van der Waals surface area contributed by atoms with Gasteiger partial charge in [-0.25, -0.2) is 4.39 Å². The maximum absolute atomic E-state index is 12.9. The summed E-state index contributed by atoms with van der Waals surface area (Å²) in [4.78, 5) is 11.6. The van der Waals surface area contributed by atoms with E-state index in [0.29, 0.717) is 11.1 Å². The molecular formula is C11H14FNO2. The third kappa shape index (κ3) is 3.11. The van der Waals surface area contributed by atoms with Crippen molar-refractivity contribution in [3.05, 3.63) is 35.1 Å². The molecule has 4 heteroatoms. The summed E-state index contributed by atoms with van der Waals surface area (Å²) in [6.45, 7) is 0.477. The van der Waals surface area contributed by atoms with Gasteiger partial charge in [0.2, 0.25) is 0 Å². The fourth-order valence-corrected chi connectivity index (χ4v) is 1.37. The highest BCUT2D eigenvalue weighted by Gasteiger charge is 2.11. The monoisotopic (exact) mass is 211 g/mol. The Labute approximate surface area is 88.2 Å². The Kier molecular flexibility index (Phi) is 4.39. The Hall–Kier alpha value is -1.26. The van der Waals surface area contributed by atoms with Gasteiger partial charge in [-0.3, -0.25) is 4.79 Å². The van der Waals surface area contributed by atoms with Gasteiger partial charge in [0.05, 0.1) is 13.2 Å². The summed E-state index contributed by atoms with van der Waals surface area (Å²) in [6.07, 6.45) is 0. The lowest BCUT2D eigenvalue weighted by molar-refractivity contribution is 0.0988. The number of rotatable bonds is 5. The summed E-state index contributed by atoms with van der Waals surface area (Å²) in [5.41, 5.74) is 1.09. The molecule has 3 nitrogen and oxygen atoms in total. The Morgan fingerprint density at radius 1 is 1.53 bits per heavy atom. The second-order valence-corrected chi connectivity index (χ2v) is 3.19. The fourth-order valence-electron chi connectivity index (χ4n) is 1.37. The van der Waals surface area contributed by atoms with Crippen LogP contribution in [0.25, 0.3) is 0 Å². The summed E-state index contributed by atoms with van der Waals surface area (Å²) in [7, 11) is 3.20. The molecule has 0 saturated heterocycles. The maximum atomic E-state index is 12.9. The van der Waals surface area contributed by atoms with E-state index in [1.54, 1.807) is 7.05 Å². The number of carbonyl (C=O) groups excluding carboxylic acids is 1. The molecule has 1 rings (SSSR count). The number of halogens is 1. The SMILES string of the molecule is CNCC(=O)c1ccc(F)cc1COC. The Balaban J connectivity index is 2.99. The van der Waals surface area contributed by atoms with Crippen molar-refractivity contribution in [2.24, 2.45) is 0 Å². The van der Waals surface area contributed by atoms with Crippen molar-refractivity contribution < 1.29 is 13.9 Å². The van der Waals surface area contributed by atoms with Crippen LogP contribution in [-0.4, -0.2) is 26.5 Å². The molecule has 82 valence electrons. The average molecular weight is 211 g/mol. The van der Waals surface area contributed by atoms with Crippen molar-refractivity contribution in [2.75, 3.05) is 20.7 Å². The predicted octanol–water partition coefficient (Wildman–Crippen LogP) is 1.37. The highest BCUT2D eigenvalue weighted by atomic mass is 19.1. The largest absolute Gasteiger partial charge is 0.380 e. The molecule has 0 aliphatic heterocycles. The van der Waals surface area contributed by atoms with Gasteiger partial charge in [0.25, 0.3) is 0 Å². The quantitative estimate of drug-likeness (QED) is 0.748. The molecule has 1 N–H and O–H groups in total. The van der Waals surface area contributed by atoms with Crippen LogP contribution >= 0.6 is 0 Å². The Bertz CT molecular complexity index is 352. The van der Waals surface area contributed by atoms with Crippen LogP contribution in [0.15, 0.2) is 18.2 Å². The van der Waals surface area contributed by atoms with Crippen LogP contribution in [0.4, 0.5) is 4.39 Å². The molecular weight excluding hydrogens is 197 g/mol. The second kappa shape index (κ2) is 5.58. The number of hydrogen-bond acceptors (Lipinski definition) is 3. The molecule has 0 fully saturated rings. The lowest BCUT2D eigenvalue weighted by atomic mass is 10.0. The van der Waals surface area contributed by atoms with Crippen LogP contribution in [-0.2, 0) is 11.3 Å². The summed E-state index contributed by atoms with van der Waals surface area (Å²) >= 11 is 0. The molecule has 0 unspecified atom stereocenters. The minimum atomic E-state index is -0.358. The van der Waals surface area contributed by atoms with Crippen LogP contribution in [0.1, 0.15) is 15.9 Å². The number of ether oxygens (including phenoxy) is 1. The molecule has 0 amide bonds. The second-order valence-electron chi connectivity index (χ2n) is 3.19. The Morgan fingerprint density at radius 2 is 2.27 bits per heavy atom. The average Bonchev–Trinajstić information content (AvgIpc) is 2.18. The molecule has 1 aromatic carbocycles. The molecule has 0 aliphatic rings. The van der Waals surface area contributed by atoms with Crippen molar-refractivity contribution in [3.8, 4) is 0 Å². The molecule has 0 spiro atoms. The van der Waals surface area contributed by atoms with E-state index < -0.39 is 0 Å². The van der Waals surface area contributed by atoms with Gasteiger partial charge in [-0.15, -0.1) is 0 Å². The number of benzene rings is 1. The molecule has 1 aromatic rings. The molecule has 0 aliphatic carbocycles. The lowest BCUT2D eigenvalue weighted by Crippen LogP contribution is -2.20. The van der Waals surface area contributed by atoms with E-state index in [4.69, 9.17) is 4.74 Å². The van der Waals surface area contributed by atoms with Crippen LogP contribution in [0.2, 0.25) is 0 Å². The summed E-state index contributed by atoms with van der Waals surface area (Å²) in [6, 6.07) is 4.10. The number of methoxy groups -OCH3 is 1. The van der Waals surface area contributed by atoms with Crippen molar-refractivity contribution >= 4 is 5.78 Å². The lowest BCUT2D eigenvalue weighted by Gasteiger charge is -2.07. The highest BCUT2D eigenvalue weighted by molar-refractivity contribution is 5.98. The van der Waals surface area contributed by atoms with Gasteiger partial charge >= 0.3 is 0 Å². The first-order chi connectivity index (χ1) is 7.19. The van der Waals surface area contributed by atoms with E-state index >= 15 is 0 Å². The van der Waals surface area contributed by atoms with E-state index in [1.807, 2.05) is 0 Å². The first-order valence-corrected chi connectivity index (χ1v) is 4.64. The van der Waals surface area contributed by atoms with Crippen molar-refractivity contribution in [2.45, 2.75) is 6.61 Å². The van der Waals surface area contributed by atoms with Crippen LogP contribution in [0, 0.1) is 5.82 Å². The van der Waals surface area contributed by atoms with Gasteiger partial charge in [0.15, 0.2) is 5.78 Å². The summed E-state index contributed by atoms with van der Waals surface area (Å²) in [5, 5.41) is 2.77. The smallest absolute Gasteiger partial charge is 0.176 e. The highest BCUT2D eigenvalue weighted by Crippen LogP contribution is 2.13. The van der Waals surface area contributed by atoms with Gasteiger partial charge in [0, 0.05) is 12.7 Å². The molecule has 0 saturated carbocycles. The normalized spacial score (nSPS) is 10.3. The Morgan fingerprint density at radius 3 is 2.87 bits per heavy atom. The predicted molar refractivity (Wildman–Crippen MR) is 55.4 cm³/mol. The zero-order valence-electron chi connectivity index (χ0n) is 8.84. The van der Waals surface area contributed by atoms with E-state index in [9.17, 15) is 9.18 Å². The molecule has 0 heterocycles. The minimum Gasteiger partial charge on any atom is -0.380 e. The number of nitrogens with one attached hydrogen (secondary N) is 1. The fraction of sp³-hybridized carbons (Fsp3) is 0.364. The van der Waals surface area contributed by atoms with E-state index in [1.165, 1.54) is 25.3 Å². The third-order valence-electron chi connectivity index (χ3n) is 2.00. The van der Waals surface area contributed by atoms with Crippen LogP contribution < -0.4 is 5.32 Å². The number of carbonyl (C=O) groups is 1. The van der Waals surface area contributed by atoms with E-state index in [0.717, 1.165) is 0 Å². The summed E-state index contributed by atoms with van der Waals surface area (Å²) in [5.74, 6) is -0.424. The minimum absolute atomic E-state index is 0.0652. The van der Waals surface area contributed by atoms with Gasteiger partial charge in [0.1, 0.15) is 5.82 Å². The number of Topliss-reactive ketones (excluding diaryl/α,β-unsaturated/α-hetero) is 1. The third-order valence-corrected chi connectivity index (χ3v) is 2.00.